The van der Waals surface area contributed by atoms with E-state index in [1.54, 1.807) is 0 Å². The zero-order valence-electron chi connectivity index (χ0n) is 14.9. The molecule has 0 aliphatic heterocycles. The number of aryl methyl sites for hydroxylation is 2. The summed E-state index contributed by atoms with van der Waals surface area (Å²) in [5.41, 5.74) is 5.21. The lowest BCUT2D eigenvalue weighted by Crippen LogP contribution is -3.06. The van der Waals surface area contributed by atoms with Gasteiger partial charge in [-0.3, -0.25) is 0 Å². The molecule has 0 spiro atoms. The standard InChI is InChI=1S/C21H29NO/c1-5-17-7-11-19(12-8-17)21(23-16-15-22(3)4)20-13-9-18(6-2)10-14-20/h7-14,21H,5-6,15-16H2,1-4H3/p+1. The third-order valence-corrected chi connectivity index (χ3v) is 4.27. The summed E-state index contributed by atoms with van der Waals surface area (Å²) in [7, 11) is 4.31. The monoisotopic (exact) mass is 312 g/mol. The zero-order chi connectivity index (χ0) is 16.7. The molecule has 2 aromatic rings. The predicted molar refractivity (Wildman–Crippen MR) is 97.1 cm³/mol. The highest BCUT2D eigenvalue weighted by Gasteiger charge is 2.15. The molecule has 0 unspecified atom stereocenters. The van der Waals surface area contributed by atoms with Gasteiger partial charge in [-0.15, -0.1) is 0 Å². The molecule has 0 amide bonds. The van der Waals surface area contributed by atoms with Gasteiger partial charge in [0, 0.05) is 0 Å². The van der Waals surface area contributed by atoms with Crippen molar-refractivity contribution in [3.05, 3.63) is 70.8 Å². The molecule has 0 aliphatic carbocycles. The molecule has 0 atom stereocenters. The third kappa shape index (κ3) is 5.19. The first-order valence-corrected chi connectivity index (χ1v) is 8.72. The van der Waals surface area contributed by atoms with Crippen molar-refractivity contribution in [3.63, 3.8) is 0 Å². The van der Waals surface area contributed by atoms with Gasteiger partial charge in [0.2, 0.25) is 0 Å². The van der Waals surface area contributed by atoms with Crippen molar-refractivity contribution in [2.45, 2.75) is 32.8 Å². The summed E-state index contributed by atoms with van der Waals surface area (Å²) in [5.74, 6) is 0. The number of hydrogen-bond donors (Lipinski definition) is 1. The number of nitrogens with one attached hydrogen (secondary N) is 1. The van der Waals surface area contributed by atoms with Crippen LogP contribution < -0.4 is 4.90 Å². The molecule has 2 nitrogen and oxygen atoms in total. The van der Waals surface area contributed by atoms with Crippen LogP contribution in [0.5, 0.6) is 0 Å². The van der Waals surface area contributed by atoms with Gasteiger partial charge in [-0.05, 0) is 35.1 Å². The topological polar surface area (TPSA) is 13.7 Å². The van der Waals surface area contributed by atoms with Crippen LogP contribution in [0.25, 0.3) is 0 Å². The Labute approximate surface area is 141 Å². The molecular weight excluding hydrogens is 282 g/mol. The van der Waals surface area contributed by atoms with Crippen LogP contribution >= 0.6 is 0 Å². The second kappa shape index (κ2) is 8.85. The number of hydrogen-bond acceptors (Lipinski definition) is 1. The highest BCUT2D eigenvalue weighted by molar-refractivity contribution is 5.33. The van der Waals surface area contributed by atoms with E-state index in [0.717, 1.165) is 26.0 Å². The molecule has 0 heterocycles. The molecule has 1 N–H and O–H groups in total. The first kappa shape index (κ1) is 17.7. The van der Waals surface area contributed by atoms with Crippen LogP contribution in [0, 0.1) is 0 Å². The molecule has 2 rings (SSSR count). The van der Waals surface area contributed by atoms with Gasteiger partial charge in [-0.1, -0.05) is 62.4 Å². The van der Waals surface area contributed by atoms with Crippen molar-refractivity contribution in [2.24, 2.45) is 0 Å². The van der Waals surface area contributed by atoms with Gasteiger partial charge in [0.05, 0.1) is 20.7 Å². The molecule has 0 saturated heterocycles. The lowest BCUT2D eigenvalue weighted by Gasteiger charge is -2.20. The quantitative estimate of drug-likeness (QED) is 0.791. The Morgan fingerprint density at radius 3 is 1.57 bits per heavy atom. The summed E-state index contributed by atoms with van der Waals surface area (Å²) in [4.78, 5) is 1.41. The van der Waals surface area contributed by atoms with Gasteiger partial charge in [0.15, 0.2) is 0 Å². The summed E-state index contributed by atoms with van der Waals surface area (Å²) in [6, 6.07) is 17.7. The number of likely N-dealkylation sites (N-methyl/N-ethyl adjacent to an activating group) is 1. The normalized spacial score (nSPS) is 11.4. The smallest absolute Gasteiger partial charge is 0.108 e. The van der Waals surface area contributed by atoms with E-state index in [1.165, 1.54) is 27.2 Å². The SMILES string of the molecule is CCc1ccc(C(OCC[NH+](C)C)c2ccc(CC)cc2)cc1. The second-order valence-corrected chi connectivity index (χ2v) is 6.40. The van der Waals surface area contributed by atoms with Crippen molar-refractivity contribution >= 4 is 0 Å². The second-order valence-electron chi connectivity index (χ2n) is 6.40. The van der Waals surface area contributed by atoms with Crippen molar-refractivity contribution in [2.75, 3.05) is 27.2 Å². The van der Waals surface area contributed by atoms with Gasteiger partial charge in [-0.2, -0.15) is 0 Å². The minimum absolute atomic E-state index is 0.0196. The van der Waals surface area contributed by atoms with E-state index < -0.39 is 0 Å². The average Bonchev–Trinajstić information content (AvgIpc) is 2.59. The average molecular weight is 312 g/mol. The first-order valence-electron chi connectivity index (χ1n) is 8.72. The summed E-state index contributed by atoms with van der Waals surface area (Å²) < 4.78 is 6.25. The minimum Gasteiger partial charge on any atom is -0.363 e. The van der Waals surface area contributed by atoms with E-state index in [4.69, 9.17) is 4.74 Å². The summed E-state index contributed by atoms with van der Waals surface area (Å²) in [6.07, 6.45) is 2.16. The maximum Gasteiger partial charge on any atom is 0.108 e. The third-order valence-electron chi connectivity index (χ3n) is 4.27. The fraction of sp³-hybridized carbons (Fsp3) is 0.429. The Bertz CT molecular complexity index is 524. The molecule has 0 aromatic heterocycles. The fourth-order valence-corrected chi connectivity index (χ4v) is 2.62. The lowest BCUT2D eigenvalue weighted by atomic mass is 9.98. The Balaban J connectivity index is 2.21. The van der Waals surface area contributed by atoms with Crippen LogP contribution in [0.1, 0.15) is 42.2 Å². The van der Waals surface area contributed by atoms with E-state index in [1.807, 2.05) is 0 Å². The summed E-state index contributed by atoms with van der Waals surface area (Å²) >= 11 is 0. The van der Waals surface area contributed by atoms with Crippen molar-refractivity contribution in [3.8, 4) is 0 Å². The molecular formula is C21H30NO+. The van der Waals surface area contributed by atoms with E-state index in [-0.39, 0.29) is 6.10 Å². The van der Waals surface area contributed by atoms with E-state index in [0.29, 0.717) is 0 Å². The molecule has 0 fully saturated rings. The van der Waals surface area contributed by atoms with Crippen LogP contribution in [0.4, 0.5) is 0 Å². The maximum atomic E-state index is 6.25. The van der Waals surface area contributed by atoms with Gasteiger partial charge in [0.1, 0.15) is 12.6 Å². The molecule has 124 valence electrons. The van der Waals surface area contributed by atoms with Crippen LogP contribution in [-0.4, -0.2) is 27.2 Å². The maximum absolute atomic E-state index is 6.25. The van der Waals surface area contributed by atoms with Crippen molar-refractivity contribution < 1.29 is 9.64 Å². The summed E-state index contributed by atoms with van der Waals surface area (Å²) in [6.45, 7) is 6.15. The highest BCUT2D eigenvalue weighted by atomic mass is 16.5. The lowest BCUT2D eigenvalue weighted by molar-refractivity contribution is -0.858. The molecule has 2 heteroatoms. The fourth-order valence-electron chi connectivity index (χ4n) is 2.62. The molecule has 0 radical (unpaired) electrons. The molecule has 0 aliphatic rings. The van der Waals surface area contributed by atoms with Crippen LogP contribution in [0.3, 0.4) is 0 Å². The largest absolute Gasteiger partial charge is 0.363 e. The van der Waals surface area contributed by atoms with E-state index in [9.17, 15) is 0 Å². The number of ether oxygens (including phenoxy) is 1. The molecule has 0 saturated carbocycles. The zero-order valence-corrected chi connectivity index (χ0v) is 14.9. The van der Waals surface area contributed by atoms with Gasteiger partial charge in [-0.25, -0.2) is 0 Å². The first-order chi connectivity index (χ1) is 11.1. The predicted octanol–water partition coefficient (Wildman–Crippen LogP) is 3.06. The van der Waals surface area contributed by atoms with Crippen LogP contribution in [0.15, 0.2) is 48.5 Å². The van der Waals surface area contributed by atoms with Crippen molar-refractivity contribution in [1.29, 1.82) is 0 Å². The number of benzene rings is 2. The van der Waals surface area contributed by atoms with Gasteiger partial charge < -0.3 is 9.64 Å². The molecule has 0 bridgehead atoms. The Hall–Kier alpha value is -1.64. The van der Waals surface area contributed by atoms with Crippen molar-refractivity contribution in [1.82, 2.24) is 0 Å². The Morgan fingerprint density at radius 2 is 1.22 bits per heavy atom. The van der Waals surface area contributed by atoms with Crippen LogP contribution in [0.2, 0.25) is 0 Å². The molecule has 23 heavy (non-hydrogen) atoms. The highest BCUT2D eigenvalue weighted by Crippen LogP contribution is 2.26. The van der Waals surface area contributed by atoms with Gasteiger partial charge >= 0.3 is 0 Å². The molecule has 2 aromatic carbocycles. The van der Waals surface area contributed by atoms with E-state index in [2.05, 4.69) is 76.5 Å². The number of quaternary nitrogens is 1. The summed E-state index contributed by atoms with van der Waals surface area (Å²) in [5, 5.41) is 0. The van der Waals surface area contributed by atoms with E-state index >= 15 is 0 Å². The Kier molecular flexibility index (Phi) is 6.82. The Morgan fingerprint density at radius 1 is 0.783 bits per heavy atom. The van der Waals surface area contributed by atoms with Gasteiger partial charge in [0.25, 0.3) is 0 Å². The number of rotatable bonds is 8. The minimum atomic E-state index is 0.0196. The van der Waals surface area contributed by atoms with Crippen LogP contribution in [-0.2, 0) is 17.6 Å².